The second kappa shape index (κ2) is 9.22. The van der Waals surface area contributed by atoms with E-state index >= 15 is 0 Å². The maximum Gasteiger partial charge on any atom is 0.227 e. The normalized spacial score (nSPS) is 18.8. The van der Waals surface area contributed by atoms with Gasteiger partial charge in [-0.25, -0.2) is 0 Å². The van der Waals surface area contributed by atoms with Crippen LogP contribution in [-0.2, 0) is 16.1 Å². The Hall–Kier alpha value is -2.37. The number of piperidine rings is 1. The second-order valence-electron chi connectivity index (χ2n) is 7.67. The average molecular weight is 380 g/mol. The third-order valence-electron chi connectivity index (χ3n) is 5.72. The smallest absolute Gasteiger partial charge is 0.227 e. The molecule has 148 valence electrons. The van der Waals surface area contributed by atoms with Crippen molar-refractivity contribution in [2.45, 2.75) is 19.4 Å². The van der Waals surface area contributed by atoms with Crippen LogP contribution in [0.5, 0.6) is 0 Å². The summed E-state index contributed by atoms with van der Waals surface area (Å²) in [6, 6.07) is 18.7. The number of carbonyl (C=O) groups excluding carboxylic acids is 1. The van der Waals surface area contributed by atoms with Gasteiger partial charge in [0.1, 0.15) is 0 Å². The molecule has 0 aliphatic carbocycles. The van der Waals surface area contributed by atoms with Crippen LogP contribution in [0.3, 0.4) is 0 Å². The monoisotopic (exact) mass is 379 g/mol. The molecule has 2 aliphatic heterocycles. The third kappa shape index (κ3) is 4.91. The number of hydrogen-bond acceptors (Lipinski definition) is 4. The zero-order valence-electron chi connectivity index (χ0n) is 16.3. The first-order chi connectivity index (χ1) is 13.8. The van der Waals surface area contributed by atoms with Crippen LogP contribution >= 0.6 is 0 Å². The van der Waals surface area contributed by atoms with Gasteiger partial charge in [-0.2, -0.15) is 0 Å². The summed E-state index contributed by atoms with van der Waals surface area (Å²) in [5, 5.41) is 3.11. The number of nitrogens with one attached hydrogen (secondary N) is 1. The Morgan fingerprint density at radius 1 is 0.929 bits per heavy atom. The van der Waals surface area contributed by atoms with Crippen molar-refractivity contribution in [1.29, 1.82) is 0 Å². The van der Waals surface area contributed by atoms with Crippen molar-refractivity contribution in [2.75, 3.05) is 49.6 Å². The van der Waals surface area contributed by atoms with E-state index in [1.807, 2.05) is 18.2 Å². The molecular weight excluding hydrogens is 350 g/mol. The Kier molecular flexibility index (Phi) is 6.24. The molecule has 28 heavy (non-hydrogen) atoms. The van der Waals surface area contributed by atoms with E-state index in [0.717, 1.165) is 64.5 Å². The molecular formula is C23H29N3O2. The van der Waals surface area contributed by atoms with Gasteiger partial charge in [-0.3, -0.25) is 9.69 Å². The molecule has 0 saturated carbocycles. The number of anilines is 2. The van der Waals surface area contributed by atoms with Crippen LogP contribution in [0.2, 0.25) is 0 Å². The minimum Gasteiger partial charge on any atom is -0.378 e. The van der Waals surface area contributed by atoms with Gasteiger partial charge in [0.15, 0.2) is 0 Å². The van der Waals surface area contributed by atoms with Crippen molar-refractivity contribution in [3.05, 3.63) is 60.2 Å². The molecule has 2 aromatic rings. The minimum atomic E-state index is 0.103. The first-order valence-electron chi connectivity index (χ1n) is 10.3. The molecule has 2 heterocycles. The molecule has 0 radical (unpaired) electrons. The van der Waals surface area contributed by atoms with Crippen molar-refractivity contribution in [1.82, 2.24) is 4.90 Å². The van der Waals surface area contributed by atoms with E-state index in [4.69, 9.17) is 4.74 Å². The van der Waals surface area contributed by atoms with E-state index < -0.39 is 0 Å². The van der Waals surface area contributed by atoms with Crippen LogP contribution in [0.15, 0.2) is 54.6 Å². The topological polar surface area (TPSA) is 44.8 Å². The van der Waals surface area contributed by atoms with Crippen LogP contribution in [0.25, 0.3) is 0 Å². The van der Waals surface area contributed by atoms with E-state index in [1.165, 1.54) is 11.3 Å². The molecule has 0 unspecified atom stereocenters. The van der Waals surface area contributed by atoms with E-state index in [9.17, 15) is 4.79 Å². The molecule has 4 rings (SSSR count). The van der Waals surface area contributed by atoms with Crippen molar-refractivity contribution in [3.63, 3.8) is 0 Å². The number of ether oxygens (including phenoxy) is 1. The molecule has 2 fully saturated rings. The third-order valence-corrected chi connectivity index (χ3v) is 5.72. The van der Waals surface area contributed by atoms with Crippen LogP contribution in [-0.4, -0.2) is 50.2 Å². The molecule has 0 atom stereocenters. The molecule has 0 aromatic heterocycles. The van der Waals surface area contributed by atoms with Gasteiger partial charge in [-0.05, 0) is 55.8 Å². The van der Waals surface area contributed by atoms with E-state index in [0.29, 0.717) is 0 Å². The predicted octanol–water partition coefficient (Wildman–Crippen LogP) is 3.37. The van der Waals surface area contributed by atoms with E-state index in [-0.39, 0.29) is 11.8 Å². The fraction of sp³-hybridized carbons (Fsp3) is 0.435. The lowest BCUT2D eigenvalue weighted by atomic mass is 9.95. The van der Waals surface area contributed by atoms with Gasteiger partial charge >= 0.3 is 0 Å². The van der Waals surface area contributed by atoms with Crippen LogP contribution in [0.4, 0.5) is 11.4 Å². The van der Waals surface area contributed by atoms with Gasteiger partial charge < -0.3 is 15.0 Å². The summed E-state index contributed by atoms with van der Waals surface area (Å²) in [6.07, 6.45) is 1.84. The standard InChI is InChI=1S/C23H29N3O2/c27-23(20-10-12-25(13-11-20)18-19-4-2-1-3-5-19)24-21-6-8-22(9-7-21)26-14-16-28-17-15-26/h1-9,20H,10-18H2,(H,24,27). The maximum atomic E-state index is 12.7. The number of carbonyl (C=O) groups is 1. The lowest BCUT2D eigenvalue weighted by Gasteiger charge is -2.31. The fourth-order valence-electron chi connectivity index (χ4n) is 4.02. The lowest BCUT2D eigenvalue weighted by Crippen LogP contribution is -2.37. The number of likely N-dealkylation sites (tertiary alicyclic amines) is 1. The van der Waals surface area contributed by atoms with Gasteiger partial charge in [0.2, 0.25) is 5.91 Å². The summed E-state index contributed by atoms with van der Waals surface area (Å²) in [5.41, 5.74) is 3.41. The van der Waals surface area contributed by atoms with Crippen LogP contribution in [0.1, 0.15) is 18.4 Å². The highest BCUT2D eigenvalue weighted by Crippen LogP contribution is 2.23. The Morgan fingerprint density at radius 3 is 2.29 bits per heavy atom. The van der Waals surface area contributed by atoms with Crippen molar-refractivity contribution >= 4 is 17.3 Å². The summed E-state index contributed by atoms with van der Waals surface area (Å²) in [7, 11) is 0. The van der Waals surface area contributed by atoms with Gasteiger partial charge in [0.05, 0.1) is 13.2 Å². The highest BCUT2D eigenvalue weighted by atomic mass is 16.5. The molecule has 2 aromatic carbocycles. The molecule has 2 saturated heterocycles. The molecule has 1 N–H and O–H groups in total. The minimum absolute atomic E-state index is 0.103. The van der Waals surface area contributed by atoms with Gasteiger partial charge in [-0.1, -0.05) is 30.3 Å². The quantitative estimate of drug-likeness (QED) is 0.865. The van der Waals surface area contributed by atoms with Gasteiger partial charge in [0.25, 0.3) is 0 Å². The Balaban J connectivity index is 1.25. The number of morpholine rings is 1. The fourth-order valence-corrected chi connectivity index (χ4v) is 4.02. The predicted molar refractivity (Wildman–Crippen MR) is 113 cm³/mol. The number of amides is 1. The second-order valence-corrected chi connectivity index (χ2v) is 7.67. The number of hydrogen-bond donors (Lipinski definition) is 1. The zero-order valence-corrected chi connectivity index (χ0v) is 16.3. The molecule has 2 aliphatic rings. The lowest BCUT2D eigenvalue weighted by molar-refractivity contribution is -0.121. The molecule has 5 nitrogen and oxygen atoms in total. The first-order valence-corrected chi connectivity index (χ1v) is 10.3. The summed E-state index contributed by atoms with van der Waals surface area (Å²) in [6.45, 7) is 6.33. The summed E-state index contributed by atoms with van der Waals surface area (Å²) >= 11 is 0. The van der Waals surface area contributed by atoms with E-state index in [1.54, 1.807) is 0 Å². The summed E-state index contributed by atoms with van der Waals surface area (Å²) < 4.78 is 5.40. The Labute approximate surface area is 167 Å². The number of benzene rings is 2. The molecule has 1 amide bonds. The molecule has 0 spiro atoms. The largest absolute Gasteiger partial charge is 0.378 e. The van der Waals surface area contributed by atoms with Crippen LogP contribution in [0, 0.1) is 5.92 Å². The highest BCUT2D eigenvalue weighted by molar-refractivity contribution is 5.92. The van der Waals surface area contributed by atoms with Crippen molar-refractivity contribution in [2.24, 2.45) is 5.92 Å². The van der Waals surface area contributed by atoms with Crippen molar-refractivity contribution < 1.29 is 9.53 Å². The Morgan fingerprint density at radius 2 is 1.61 bits per heavy atom. The van der Waals surface area contributed by atoms with Crippen LogP contribution < -0.4 is 10.2 Å². The highest BCUT2D eigenvalue weighted by Gasteiger charge is 2.25. The summed E-state index contributed by atoms with van der Waals surface area (Å²) in [4.78, 5) is 17.4. The average Bonchev–Trinajstić information content (AvgIpc) is 2.76. The van der Waals surface area contributed by atoms with Gasteiger partial charge in [0, 0.05) is 36.9 Å². The Bertz CT molecular complexity index is 749. The summed E-state index contributed by atoms with van der Waals surface area (Å²) in [5.74, 6) is 0.254. The zero-order chi connectivity index (χ0) is 19.2. The molecule has 0 bridgehead atoms. The van der Waals surface area contributed by atoms with Gasteiger partial charge in [-0.15, -0.1) is 0 Å². The van der Waals surface area contributed by atoms with Crippen molar-refractivity contribution in [3.8, 4) is 0 Å². The first kappa shape index (κ1) is 19.0. The molecule has 5 heteroatoms. The number of nitrogens with zero attached hydrogens (tertiary/aromatic N) is 2. The SMILES string of the molecule is O=C(Nc1ccc(N2CCOCC2)cc1)C1CCN(Cc2ccccc2)CC1. The maximum absolute atomic E-state index is 12.7. The number of rotatable bonds is 5. The van der Waals surface area contributed by atoms with E-state index in [2.05, 4.69) is 51.5 Å².